The Kier molecular flexibility index (Phi) is 3.74. The fourth-order valence-electron chi connectivity index (χ4n) is 1.17. The molecule has 1 unspecified atom stereocenters. The first-order valence-electron chi connectivity index (χ1n) is 4.38. The van der Waals surface area contributed by atoms with Crippen molar-refractivity contribution in [2.45, 2.75) is 13.0 Å². The van der Waals surface area contributed by atoms with Crippen LogP contribution >= 0.6 is 0 Å². The van der Waals surface area contributed by atoms with E-state index < -0.39 is 23.3 Å². The van der Waals surface area contributed by atoms with E-state index in [2.05, 4.69) is 5.32 Å². The minimum absolute atomic E-state index is 0.215. The molecule has 1 rings (SSSR count). The van der Waals surface area contributed by atoms with Crippen molar-refractivity contribution in [2.24, 2.45) is 0 Å². The highest BCUT2D eigenvalue weighted by Crippen LogP contribution is 2.19. The zero-order valence-corrected chi connectivity index (χ0v) is 8.13. The molecular formula is C10H11F2NO2. The number of hydrogen-bond acceptors (Lipinski definition) is 2. The van der Waals surface area contributed by atoms with E-state index in [0.29, 0.717) is 0 Å². The van der Waals surface area contributed by atoms with Gasteiger partial charge in [0.05, 0.1) is 5.56 Å². The van der Waals surface area contributed by atoms with Gasteiger partial charge in [0, 0.05) is 13.5 Å². The lowest BCUT2D eigenvalue weighted by molar-refractivity contribution is -0.119. The van der Waals surface area contributed by atoms with E-state index in [0.717, 1.165) is 12.1 Å². The van der Waals surface area contributed by atoms with Gasteiger partial charge in [-0.15, -0.1) is 0 Å². The smallest absolute Gasteiger partial charge is 0.216 e. The molecule has 1 amide bonds. The van der Waals surface area contributed by atoms with Crippen LogP contribution in [-0.4, -0.2) is 17.6 Å². The third-order valence-electron chi connectivity index (χ3n) is 1.88. The van der Waals surface area contributed by atoms with Gasteiger partial charge in [-0.25, -0.2) is 8.78 Å². The van der Waals surface area contributed by atoms with Crippen molar-refractivity contribution in [3.63, 3.8) is 0 Å². The fourth-order valence-corrected chi connectivity index (χ4v) is 1.17. The van der Waals surface area contributed by atoms with Crippen molar-refractivity contribution in [2.75, 3.05) is 6.54 Å². The summed E-state index contributed by atoms with van der Waals surface area (Å²) in [4.78, 5) is 10.5. The van der Waals surface area contributed by atoms with Gasteiger partial charge >= 0.3 is 0 Å². The van der Waals surface area contributed by atoms with Crippen LogP contribution in [0.1, 0.15) is 18.6 Å². The minimum Gasteiger partial charge on any atom is -0.386 e. The number of aliphatic hydroxyl groups is 1. The van der Waals surface area contributed by atoms with Crippen LogP contribution in [0.4, 0.5) is 8.78 Å². The molecule has 5 heteroatoms. The van der Waals surface area contributed by atoms with Gasteiger partial charge in [0.2, 0.25) is 5.91 Å². The van der Waals surface area contributed by atoms with Gasteiger partial charge in [0.1, 0.15) is 17.7 Å². The van der Waals surface area contributed by atoms with Gasteiger partial charge in [0.15, 0.2) is 0 Å². The summed E-state index contributed by atoms with van der Waals surface area (Å²) in [6, 6.07) is 3.31. The third kappa shape index (κ3) is 2.99. The Hall–Kier alpha value is -1.49. The Labute approximate surface area is 85.7 Å². The SMILES string of the molecule is CC(=O)NCC(O)c1c(F)cccc1F. The number of amides is 1. The number of carbonyl (C=O) groups excluding carboxylic acids is 1. The first kappa shape index (κ1) is 11.6. The number of rotatable bonds is 3. The number of aliphatic hydroxyl groups excluding tert-OH is 1. The zero-order valence-electron chi connectivity index (χ0n) is 8.13. The van der Waals surface area contributed by atoms with Crippen LogP contribution in [0.25, 0.3) is 0 Å². The molecular weight excluding hydrogens is 204 g/mol. The van der Waals surface area contributed by atoms with Crippen LogP contribution in [0.2, 0.25) is 0 Å². The van der Waals surface area contributed by atoms with Crippen LogP contribution in [0.5, 0.6) is 0 Å². The molecule has 1 aromatic rings. The lowest BCUT2D eigenvalue weighted by Gasteiger charge is -2.12. The summed E-state index contributed by atoms with van der Waals surface area (Å²) in [6.07, 6.45) is -1.38. The maximum absolute atomic E-state index is 13.1. The van der Waals surface area contributed by atoms with Crippen LogP contribution < -0.4 is 5.32 Å². The summed E-state index contributed by atoms with van der Waals surface area (Å²) in [5.41, 5.74) is -0.425. The van der Waals surface area contributed by atoms with Gasteiger partial charge < -0.3 is 10.4 Å². The molecule has 15 heavy (non-hydrogen) atoms. The highest BCUT2D eigenvalue weighted by molar-refractivity contribution is 5.72. The summed E-state index contributed by atoms with van der Waals surface area (Å²) in [5, 5.41) is 11.7. The summed E-state index contributed by atoms with van der Waals surface area (Å²) in [6.45, 7) is 1.04. The quantitative estimate of drug-likeness (QED) is 0.794. The first-order chi connectivity index (χ1) is 7.02. The van der Waals surface area contributed by atoms with Crippen LogP contribution in [-0.2, 0) is 4.79 Å². The van der Waals surface area contributed by atoms with Crippen molar-refractivity contribution in [1.82, 2.24) is 5.32 Å². The molecule has 0 heterocycles. The Bertz CT molecular complexity index is 348. The lowest BCUT2D eigenvalue weighted by atomic mass is 10.1. The Morgan fingerprint density at radius 3 is 2.47 bits per heavy atom. The van der Waals surface area contributed by atoms with Gasteiger partial charge in [-0.3, -0.25) is 4.79 Å². The molecule has 1 atom stereocenters. The molecule has 0 radical (unpaired) electrons. The van der Waals surface area contributed by atoms with Crippen molar-refractivity contribution >= 4 is 5.91 Å². The monoisotopic (exact) mass is 215 g/mol. The molecule has 0 spiro atoms. The predicted octanol–water partition coefficient (Wildman–Crippen LogP) is 1.13. The number of benzene rings is 1. The standard InChI is InChI=1S/C10H11F2NO2/c1-6(14)13-5-9(15)10-7(11)3-2-4-8(10)12/h2-4,9,15H,5H2,1H3,(H,13,14). The van der Waals surface area contributed by atoms with Crippen LogP contribution in [0.15, 0.2) is 18.2 Å². The molecule has 0 bridgehead atoms. The number of halogens is 2. The normalized spacial score (nSPS) is 12.3. The summed E-state index contributed by atoms with van der Waals surface area (Å²) in [7, 11) is 0. The zero-order chi connectivity index (χ0) is 11.4. The van der Waals surface area contributed by atoms with Gasteiger partial charge in [0.25, 0.3) is 0 Å². The van der Waals surface area contributed by atoms with E-state index in [1.165, 1.54) is 13.0 Å². The van der Waals surface area contributed by atoms with E-state index in [4.69, 9.17) is 0 Å². The second-order valence-corrected chi connectivity index (χ2v) is 3.09. The molecule has 0 aliphatic carbocycles. The molecule has 0 aromatic heterocycles. The van der Waals surface area contributed by atoms with Gasteiger partial charge in [-0.2, -0.15) is 0 Å². The van der Waals surface area contributed by atoms with Crippen molar-refractivity contribution in [3.8, 4) is 0 Å². The van der Waals surface area contributed by atoms with E-state index in [-0.39, 0.29) is 12.5 Å². The van der Waals surface area contributed by atoms with E-state index in [9.17, 15) is 18.7 Å². The molecule has 2 N–H and O–H groups in total. The largest absolute Gasteiger partial charge is 0.386 e. The fraction of sp³-hybridized carbons (Fsp3) is 0.300. The predicted molar refractivity (Wildman–Crippen MR) is 50.0 cm³/mol. The third-order valence-corrected chi connectivity index (χ3v) is 1.88. The molecule has 0 aliphatic rings. The second kappa shape index (κ2) is 4.84. The van der Waals surface area contributed by atoms with Gasteiger partial charge in [-0.05, 0) is 12.1 Å². The Balaban J connectivity index is 2.81. The molecule has 1 aromatic carbocycles. The summed E-state index contributed by atoms with van der Waals surface area (Å²) < 4.78 is 26.2. The average molecular weight is 215 g/mol. The Morgan fingerprint density at radius 1 is 1.47 bits per heavy atom. The van der Waals surface area contributed by atoms with Crippen LogP contribution in [0.3, 0.4) is 0 Å². The summed E-state index contributed by atoms with van der Waals surface area (Å²) in [5.74, 6) is -2.02. The number of carbonyl (C=O) groups is 1. The lowest BCUT2D eigenvalue weighted by Crippen LogP contribution is -2.26. The summed E-state index contributed by atoms with van der Waals surface area (Å²) >= 11 is 0. The van der Waals surface area contributed by atoms with Crippen LogP contribution in [0, 0.1) is 11.6 Å². The van der Waals surface area contributed by atoms with Crippen molar-refractivity contribution in [1.29, 1.82) is 0 Å². The van der Waals surface area contributed by atoms with Crippen molar-refractivity contribution < 1.29 is 18.7 Å². The molecule has 0 saturated heterocycles. The topological polar surface area (TPSA) is 49.3 Å². The molecule has 3 nitrogen and oxygen atoms in total. The number of hydrogen-bond donors (Lipinski definition) is 2. The molecule has 82 valence electrons. The second-order valence-electron chi connectivity index (χ2n) is 3.09. The molecule has 0 saturated carbocycles. The highest BCUT2D eigenvalue weighted by atomic mass is 19.1. The first-order valence-corrected chi connectivity index (χ1v) is 4.38. The van der Waals surface area contributed by atoms with Gasteiger partial charge in [-0.1, -0.05) is 6.07 Å². The maximum atomic E-state index is 13.1. The van der Waals surface area contributed by atoms with E-state index in [1.807, 2.05) is 0 Å². The average Bonchev–Trinajstić information content (AvgIpc) is 2.14. The Morgan fingerprint density at radius 2 is 2.00 bits per heavy atom. The number of nitrogens with one attached hydrogen (secondary N) is 1. The maximum Gasteiger partial charge on any atom is 0.216 e. The van der Waals surface area contributed by atoms with Crippen molar-refractivity contribution in [3.05, 3.63) is 35.4 Å². The van der Waals surface area contributed by atoms with E-state index in [1.54, 1.807) is 0 Å². The molecule has 0 aliphatic heterocycles. The highest BCUT2D eigenvalue weighted by Gasteiger charge is 2.17. The molecule has 0 fully saturated rings. The van der Waals surface area contributed by atoms with E-state index >= 15 is 0 Å². The minimum atomic E-state index is -1.38.